The van der Waals surface area contributed by atoms with Crippen LogP contribution in [0, 0.1) is 0 Å². The van der Waals surface area contributed by atoms with Crippen LogP contribution in [-0.4, -0.2) is 45.5 Å². The summed E-state index contributed by atoms with van der Waals surface area (Å²) in [6.07, 6.45) is 4.17. The van der Waals surface area contributed by atoms with E-state index in [1.54, 1.807) is 29.1 Å². The minimum atomic E-state index is -0.183. The minimum absolute atomic E-state index is 0.178. The van der Waals surface area contributed by atoms with Gasteiger partial charge in [0.15, 0.2) is 17.1 Å². The fourth-order valence-electron chi connectivity index (χ4n) is 3.58. The molecule has 3 heterocycles. The van der Waals surface area contributed by atoms with Gasteiger partial charge >= 0.3 is 0 Å². The van der Waals surface area contributed by atoms with Crippen molar-refractivity contribution in [1.29, 1.82) is 0 Å². The normalized spacial score (nSPS) is 12.1. The number of anilines is 1. The third kappa shape index (κ3) is 4.18. The largest absolute Gasteiger partial charge is 0.454 e. The van der Waals surface area contributed by atoms with Crippen molar-refractivity contribution >= 4 is 22.8 Å². The van der Waals surface area contributed by atoms with Gasteiger partial charge in [-0.3, -0.25) is 4.79 Å². The number of fused-ring (bicyclic) bond motifs is 2. The molecule has 0 saturated heterocycles. The van der Waals surface area contributed by atoms with Crippen molar-refractivity contribution in [3.8, 4) is 11.5 Å². The van der Waals surface area contributed by atoms with Crippen LogP contribution in [0.1, 0.15) is 15.9 Å². The van der Waals surface area contributed by atoms with Gasteiger partial charge in [-0.1, -0.05) is 30.3 Å². The van der Waals surface area contributed by atoms with Gasteiger partial charge in [-0.05, 0) is 30.2 Å². The first-order chi connectivity index (χ1) is 15.8. The smallest absolute Gasteiger partial charge is 0.251 e. The van der Waals surface area contributed by atoms with Gasteiger partial charge in [0.05, 0.1) is 18.1 Å². The predicted octanol–water partition coefficient (Wildman–Crippen LogP) is 2.64. The number of benzene rings is 2. The number of hydrogen-bond donors (Lipinski definition) is 2. The number of ether oxygens (including phenoxy) is 2. The van der Waals surface area contributed by atoms with E-state index in [1.165, 1.54) is 11.9 Å². The van der Waals surface area contributed by atoms with Crippen molar-refractivity contribution in [2.75, 3.05) is 25.2 Å². The van der Waals surface area contributed by atoms with E-state index in [4.69, 9.17) is 9.47 Å². The zero-order valence-corrected chi connectivity index (χ0v) is 17.3. The molecule has 1 amide bonds. The van der Waals surface area contributed by atoms with Gasteiger partial charge in [-0.25, -0.2) is 14.6 Å². The SMILES string of the molecule is O=C(NCCn1ncc2c(NCCc3ccccc3)ncnc21)c1ccc2c(c1)OCO2. The van der Waals surface area contributed by atoms with Crippen molar-refractivity contribution in [2.45, 2.75) is 13.0 Å². The summed E-state index contributed by atoms with van der Waals surface area (Å²) >= 11 is 0. The standard InChI is InChI=1S/C23H22N6O3/c30-23(17-6-7-19-20(12-17)32-15-31-19)25-10-11-29-22-18(13-28-29)21(26-14-27-22)24-9-8-16-4-2-1-3-5-16/h1-7,12-14H,8-11,15H2,(H,25,30)(H,24,26,27). The molecule has 0 saturated carbocycles. The van der Waals surface area contributed by atoms with Crippen LogP contribution in [-0.2, 0) is 13.0 Å². The Hall–Kier alpha value is -4.14. The van der Waals surface area contributed by atoms with Gasteiger partial charge in [0.25, 0.3) is 5.91 Å². The second-order valence-electron chi connectivity index (χ2n) is 7.31. The number of nitrogens with zero attached hydrogens (tertiary/aromatic N) is 4. The summed E-state index contributed by atoms with van der Waals surface area (Å²) in [6, 6.07) is 15.4. The first-order valence-electron chi connectivity index (χ1n) is 10.4. The van der Waals surface area contributed by atoms with Crippen molar-refractivity contribution in [1.82, 2.24) is 25.1 Å². The molecule has 1 aliphatic heterocycles. The molecule has 162 valence electrons. The maximum Gasteiger partial charge on any atom is 0.251 e. The van der Waals surface area contributed by atoms with Crippen LogP contribution >= 0.6 is 0 Å². The number of aromatic nitrogens is 4. The molecule has 0 radical (unpaired) electrons. The molecule has 2 N–H and O–H groups in total. The second-order valence-corrected chi connectivity index (χ2v) is 7.31. The lowest BCUT2D eigenvalue weighted by molar-refractivity contribution is 0.0951. The lowest BCUT2D eigenvalue weighted by Gasteiger charge is -2.08. The molecule has 0 bridgehead atoms. The summed E-state index contributed by atoms with van der Waals surface area (Å²) in [6.45, 7) is 1.83. The van der Waals surface area contributed by atoms with E-state index in [0.717, 1.165) is 29.8 Å². The molecule has 9 heteroatoms. The summed E-state index contributed by atoms with van der Waals surface area (Å²) in [4.78, 5) is 21.2. The molecule has 5 rings (SSSR count). The quantitative estimate of drug-likeness (QED) is 0.443. The van der Waals surface area contributed by atoms with E-state index in [1.807, 2.05) is 18.2 Å². The maximum atomic E-state index is 12.5. The first-order valence-corrected chi connectivity index (χ1v) is 10.4. The van der Waals surface area contributed by atoms with Crippen LogP contribution in [0.15, 0.2) is 61.1 Å². The number of rotatable bonds is 8. The maximum absolute atomic E-state index is 12.5. The number of carbonyl (C=O) groups excluding carboxylic acids is 1. The van der Waals surface area contributed by atoms with Gasteiger partial charge in [0, 0.05) is 18.7 Å². The summed E-state index contributed by atoms with van der Waals surface area (Å²) in [5, 5.41) is 11.5. The lowest BCUT2D eigenvalue weighted by Crippen LogP contribution is -2.27. The molecule has 0 spiro atoms. The molecule has 4 aromatic rings. The number of hydrogen-bond acceptors (Lipinski definition) is 7. The van der Waals surface area contributed by atoms with E-state index in [9.17, 15) is 4.79 Å². The molecule has 0 unspecified atom stereocenters. The molecular formula is C23H22N6O3. The Balaban J connectivity index is 1.19. The zero-order chi connectivity index (χ0) is 21.8. The number of carbonyl (C=O) groups is 1. The Bertz CT molecular complexity index is 1240. The summed E-state index contributed by atoms with van der Waals surface area (Å²) in [5.74, 6) is 1.80. The summed E-state index contributed by atoms with van der Waals surface area (Å²) in [5.41, 5.74) is 2.51. The van der Waals surface area contributed by atoms with E-state index >= 15 is 0 Å². The van der Waals surface area contributed by atoms with E-state index in [2.05, 4.69) is 37.8 Å². The highest BCUT2D eigenvalue weighted by atomic mass is 16.7. The highest BCUT2D eigenvalue weighted by Crippen LogP contribution is 2.32. The van der Waals surface area contributed by atoms with Crippen molar-refractivity contribution in [3.63, 3.8) is 0 Å². The minimum Gasteiger partial charge on any atom is -0.454 e. The van der Waals surface area contributed by atoms with Crippen LogP contribution in [0.25, 0.3) is 11.0 Å². The Labute approximate surface area is 184 Å². The molecule has 32 heavy (non-hydrogen) atoms. The molecule has 2 aromatic heterocycles. The highest BCUT2D eigenvalue weighted by molar-refractivity contribution is 5.95. The molecule has 2 aromatic carbocycles. The Morgan fingerprint density at radius 2 is 1.91 bits per heavy atom. The molecule has 0 fully saturated rings. The number of amides is 1. The Morgan fingerprint density at radius 3 is 2.81 bits per heavy atom. The number of nitrogens with one attached hydrogen (secondary N) is 2. The topological polar surface area (TPSA) is 103 Å². The van der Waals surface area contributed by atoms with Crippen molar-refractivity contribution in [2.24, 2.45) is 0 Å². The Kier molecular flexibility index (Phi) is 5.52. The van der Waals surface area contributed by atoms with Crippen molar-refractivity contribution in [3.05, 3.63) is 72.2 Å². The molecule has 9 nitrogen and oxygen atoms in total. The highest BCUT2D eigenvalue weighted by Gasteiger charge is 2.16. The van der Waals surface area contributed by atoms with Gasteiger partial charge in [0.1, 0.15) is 12.1 Å². The molecular weight excluding hydrogens is 408 g/mol. The van der Waals surface area contributed by atoms with E-state index < -0.39 is 0 Å². The van der Waals surface area contributed by atoms with Crippen molar-refractivity contribution < 1.29 is 14.3 Å². The van der Waals surface area contributed by atoms with Crippen LogP contribution in [0.5, 0.6) is 11.5 Å². The predicted molar refractivity (Wildman–Crippen MR) is 119 cm³/mol. The first kappa shape index (κ1) is 19.8. The van der Waals surface area contributed by atoms with Crippen LogP contribution in [0.4, 0.5) is 5.82 Å². The zero-order valence-electron chi connectivity index (χ0n) is 17.3. The van der Waals surface area contributed by atoms with Crippen LogP contribution in [0.3, 0.4) is 0 Å². The molecule has 0 aliphatic carbocycles. The molecule has 0 atom stereocenters. The fourth-order valence-corrected chi connectivity index (χ4v) is 3.58. The van der Waals surface area contributed by atoms with Gasteiger partial charge in [-0.2, -0.15) is 5.10 Å². The summed E-state index contributed by atoms with van der Waals surface area (Å²) in [7, 11) is 0. The van der Waals surface area contributed by atoms with Gasteiger partial charge in [-0.15, -0.1) is 0 Å². The fraction of sp³-hybridized carbons (Fsp3) is 0.217. The van der Waals surface area contributed by atoms with E-state index in [-0.39, 0.29) is 12.7 Å². The lowest BCUT2D eigenvalue weighted by atomic mass is 10.1. The average molecular weight is 430 g/mol. The third-order valence-corrected chi connectivity index (χ3v) is 5.23. The summed E-state index contributed by atoms with van der Waals surface area (Å²) < 4.78 is 12.4. The Morgan fingerprint density at radius 1 is 1.03 bits per heavy atom. The van der Waals surface area contributed by atoms with E-state index in [0.29, 0.717) is 30.2 Å². The average Bonchev–Trinajstić information content (AvgIpc) is 3.47. The van der Waals surface area contributed by atoms with Gasteiger partial charge < -0.3 is 20.1 Å². The second kappa shape index (κ2) is 8.93. The molecule has 1 aliphatic rings. The third-order valence-electron chi connectivity index (χ3n) is 5.23. The van der Waals surface area contributed by atoms with Crippen LogP contribution in [0.2, 0.25) is 0 Å². The van der Waals surface area contributed by atoms with Gasteiger partial charge in [0.2, 0.25) is 6.79 Å². The monoisotopic (exact) mass is 430 g/mol. The van der Waals surface area contributed by atoms with Crippen LogP contribution < -0.4 is 20.1 Å².